The Labute approximate surface area is 147 Å². The van der Waals surface area contributed by atoms with Crippen LogP contribution in [0.3, 0.4) is 0 Å². The fraction of sp³-hybridized carbons (Fsp3) is 0.944. The number of rotatable bonds is 9. The van der Waals surface area contributed by atoms with Gasteiger partial charge >= 0.3 is 0 Å². The maximum Gasteiger partial charge on any atom is 0.193 e. The molecule has 2 aliphatic rings. The van der Waals surface area contributed by atoms with Crippen molar-refractivity contribution in [1.82, 2.24) is 15.1 Å². The second kappa shape index (κ2) is 11.7. The van der Waals surface area contributed by atoms with Crippen molar-refractivity contribution in [2.75, 3.05) is 65.7 Å². The van der Waals surface area contributed by atoms with Crippen LogP contribution in [0.2, 0.25) is 0 Å². The minimum Gasteiger partial charge on any atom is -0.381 e. The van der Waals surface area contributed by atoms with Gasteiger partial charge in [0.2, 0.25) is 0 Å². The van der Waals surface area contributed by atoms with Crippen molar-refractivity contribution < 1.29 is 9.47 Å². The lowest BCUT2D eigenvalue weighted by atomic mass is 10.2. The summed E-state index contributed by atoms with van der Waals surface area (Å²) >= 11 is 0. The van der Waals surface area contributed by atoms with E-state index >= 15 is 0 Å². The lowest BCUT2D eigenvalue weighted by molar-refractivity contribution is 0.0195. The molecule has 1 unspecified atom stereocenters. The lowest BCUT2D eigenvalue weighted by Crippen LogP contribution is -2.46. The smallest absolute Gasteiger partial charge is 0.193 e. The fourth-order valence-corrected chi connectivity index (χ4v) is 3.30. The van der Waals surface area contributed by atoms with Crippen LogP contribution >= 0.6 is 0 Å². The topological polar surface area (TPSA) is 49.3 Å². The van der Waals surface area contributed by atoms with Crippen LogP contribution in [0.25, 0.3) is 0 Å². The average molecular weight is 341 g/mol. The van der Waals surface area contributed by atoms with Gasteiger partial charge in [-0.3, -0.25) is 9.89 Å². The molecule has 1 N–H and O–H groups in total. The summed E-state index contributed by atoms with van der Waals surface area (Å²) < 4.78 is 11.1. The highest BCUT2D eigenvalue weighted by molar-refractivity contribution is 5.80. The minimum atomic E-state index is 0.648. The van der Waals surface area contributed by atoms with Crippen molar-refractivity contribution in [1.29, 1.82) is 0 Å². The summed E-state index contributed by atoms with van der Waals surface area (Å²) in [6, 6.07) is 0.648. The number of nitrogens with one attached hydrogen (secondary N) is 1. The predicted molar refractivity (Wildman–Crippen MR) is 98.7 cm³/mol. The van der Waals surface area contributed by atoms with E-state index in [1.165, 1.54) is 12.8 Å². The highest BCUT2D eigenvalue weighted by Crippen LogP contribution is 2.17. The predicted octanol–water partition coefficient (Wildman–Crippen LogP) is 1.57. The fourth-order valence-electron chi connectivity index (χ4n) is 3.30. The van der Waals surface area contributed by atoms with Gasteiger partial charge in [0.05, 0.1) is 13.2 Å². The first-order valence-corrected chi connectivity index (χ1v) is 9.78. The zero-order valence-electron chi connectivity index (χ0n) is 15.6. The molecular weight excluding hydrogens is 304 g/mol. The molecule has 0 aromatic carbocycles. The number of guanidine groups is 1. The maximum atomic E-state index is 5.62. The van der Waals surface area contributed by atoms with Gasteiger partial charge in [-0.1, -0.05) is 13.3 Å². The van der Waals surface area contributed by atoms with Crippen LogP contribution in [0.5, 0.6) is 0 Å². The van der Waals surface area contributed by atoms with Crippen LogP contribution in [-0.2, 0) is 9.47 Å². The van der Waals surface area contributed by atoms with Crippen LogP contribution in [0, 0.1) is 0 Å². The van der Waals surface area contributed by atoms with Gasteiger partial charge in [-0.05, 0) is 26.2 Å². The molecule has 2 aliphatic heterocycles. The van der Waals surface area contributed by atoms with E-state index in [2.05, 4.69) is 29.0 Å². The number of ether oxygens (including phenoxy) is 2. The number of morpholine rings is 1. The number of hydrogen-bond donors (Lipinski definition) is 1. The van der Waals surface area contributed by atoms with Gasteiger partial charge in [-0.15, -0.1) is 0 Å². The van der Waals surface area contributed by atoms with Crippen LogP contribution in [-0.4, -0.2) is 87.5 Å². The van der Waals surface area contributed by atoms with Gasteiger partial charge < -0.3 is 19.7 Å². The van der Waals surface area contributed by atoms with Crippen LogP contribution in [0.4, 0.5) is 0 Å². The zero-order chi connectivity index (χ0) is 17.0. The Morgan fingerprint density at radius 3 is 2.71 bits per heavy atom. The van der Waals surface area contributed by atoms with E-state index in [9.17, 15) is 0 Å². The molecule has 6 heteroatoms. The molecule has 0 radical (unpaired) electrons. The average Bonchev–Trinajstić information content (AvgIpc) is 3.11. The number of aliphatic imine (C=N–C) groups is 1. The summed E-state index contributed by atoms with van der Waals surface area (Å²) in [7, 11) is 0. The summed E-state index contributed by atoms with van der Waals surface area (Å²) in [6.45, 7) is 13.9. The highest BCUT2D eigenvalue weighted by atomic mass is 16.5. The van der Waals surface area contributed by atoms with Gasteiger partial charge in [0.1, 0.15) is 0 Å². The lowest BCUT2D eigenvalue weighted by Gasteiger charge is -2.32. The molecule has 2 heterocycles. The molecule has 0 saturated carbocycles. The summed E-state index contributed by atoms with van der Waals surface area (Å²) in [5, 5.41) is 3.45. The molecule has 0 spiro atoms. The summed E-state index contributed by atoms with van der Waals surface area (Å²) in [4.78, 5) is 9.80. The van der Waals surface area contributed by atoms with Crippen molar-refractivity contribution in [2.45, 2.75) is 45.6 Å². The molecule has 0 bridgehead atoms. The third kappa shape index (κ3) is 6.57. The number of unbranched alkanes of at least 4 members (excludes halogenated alkanes) is 1. The SMILES string of the molecule is CCCCOCCCN=C(NCC)N1CCC(N2CCOCC2)C1. The molecule has 2 fully saturated rings. The van der Waals surface area contributed by atoms with Gasteiger partial charge in [0.15, 0.2) is 5.96 Å². The highest BCUT2D eigenvalue weighted by Gasteiger charge is 2.30. The zero-order valence-corrected chi connectivity index (χ0v) is 15.6. The summed E-state index contributed by atoms with van der Waals surface area (Å²) in [6.07, 6.45) is 4.58. The number of likely N-dealkylation sites (tertiary alicyclic amines) is 1. The Morgan fingerprint density at radius 2 is 1.96 bits per heavy atom. The van der Waals surface area contributed by atoms with Crippen molar-refractivity contribution in [2.24, 2.45) is 4.99 Å². The molecule has 0 aromatic heterocycles. The molecular formula is C18H36N4O2. The molecule has 140 valence electrons. The first-order valence-electron chi connectivity index (χ1n) is 9.78. The Morgan fingerprint density at radius 1 is 1.17 bits per heavy atom. The summed E-state index contributed by atoms with van der Waals surface area (Å²) in [5.41, 5.74) is 0. The van der Waals surface area contributed by atoms with Gasteiger partial charge in [0.25, 0.3) is 0 Å². The van der Waals surface area contributed by atoms with Crippen LogP contribution in [0.1, 0.15) is 39.5 Å². The van der Waals surface area contributed by atoms with Crippen molar-refractivity contribution >= 4 is 5.96 Å². The first-order chi connectivity index (χ1) is 11.8. The van der Waals surface area contributed by atoms with Gasteiger partial charge in [-0.2, -0.15) is 0 Å². The molecule has 0 amide bonds. The Bertz CT molecular complexity index is 359. The van der Waals surface area contributed by atoms with E-state index in [0.29, 0.717) is 6.04 Å². The molecule has 2 saturated heterocycles. The summed E-state index contributed by atoms with van der Waals surface area (Å²) in [5.74, 6) is 1.07. The Kier molecular flexibility index (Phi) is 9.46. The molecule has 1 atom stereocenters. The van der Waals surface area contributed by atoms with Gasteiger partial charge in [-0.25, -0.2) is 0 Å². The van der Waals surface area contributed by atoms with Gasteiger partial charge in [0, 0.05) is 58.5 Å². The van der Waals surface area contributed by atoms with E-state index < -0.39 is 0 Å². The monoisotopic (exact) mass is 340 g/mol. The minimum absolute atomic E-state index is 0.648. The Balaban J connectivity index is 1.72. The number of nitrogens with zero attached hydrogens (tertiary/aromatic N) is 3. The van der Waals surface area contributed by atoms with Crippen LogP contribution in [0.15, 0.2) is 4.99 Å². The molecule has 2 rings (SSSR count). The first kappa shape index (κ1) is 19.5. The second-order valence-electron chi connectivity index (χ2n) is 6.59. The van der Waals surface area contributed by atoms with E-state index in [1.54, 1.807) is 0 Å². The van der Waals surface area contributed by atoms with Crippen molar-refractivity contribution in [3.63, 3.8) is 0 Å². The third-order valence-corrected chi connectivity index (χ3v) is 4.71. The quantitative estimate of drug-likeness (QED) is 0.392. The Hall–Kier alpha value is -0.850. The van der Waals surface area contributed by atoms with E-state index in [4.69, 9.17) is 14.5 Å². The molecule has 24 heavy (non-hydrogen) atoms. The molecule has 6 nitrogen and oxygen atoms in total. The third-order valence-electron chi connectivity index (χ3n) is 4.71. The molecule has 0 aromatic rings. The van der Waals surface area contributed by atoms with E-state index in [-0.39, 0.29) is 0 Å². The van der Waals surface area contributed by atoms with Crippen molar-refractivity contribution in [3.05, 3.63) is 0 Å². The normalized spacial score (nSPS) is 23.0. The van der Waals surface area contributed by atoms with Crippen molar-refractivity contribution in [3.8, 4) is 0 Å². The largest absolute Gasteiger partial charge is 0.381 e. The second-order valence-corrected chi connectivity index (χ2v) is 6.59. The maximum absolute atomic E-state index is 5.62. The molecule has 0 aliphatic carbocycles. The standard InChI is InChI=1S/C18H36N4O2/c1-3-5-12-23-13-6-8-20-18(19-4-2)22-9-7-17(16-22)21-10-14-24-15-11-21/h17H,3-16H2,1-2H3,(H,19,20). The van der Waals surface area contributed by atoms with Crippen LogP contribution < -0.4 is 5.32 Å². The number of hydrogen-bond acceptors (Lipinski definition) is 4. The van der Waals surface area contributed by atoms with E-state index in [0.717, 1.165) is 84.5 Å². The van der Waals surface area contributed by atoms with E-state index in [1.807, 2.05) is 0 Å².